The molecular formula is C12H14ClN3O. The number of halogens is 1. The fourth-order valence-electron chi connectivity index (χ4n) is 1.86. The van der Waals surface area contributed by atoms with Gasteiger partial charge < -0.3 is 11.1 Å². The molecule has 0 saturated carbocycles. The van der Waals surface area contributed by atoms with E-state index in [1.165, 1.54) is 12.3 Å². The van der Waals surface area contributed by atoms with Crippen molar-refractivity contribution < 1.29 is 4.79 Å². The van der Waals surface area contributed by atoms with Crippen molar-refractivity contribution in [2.45, 2.75) is 25.4 Å². The van der Waals surface area contributed by atoms with Crippen LogP contribution in [0, 0.1) is 0 Å². The van der Waals surface area contributed by atoms with Gasteiger partial charge >= 0.3 is 0 Å². The number of nitrogens with one attached hydrogen (secondary N) is 1. The molecule has 4 nitrogen and oxygen atoms in total. The third-order valence-electron chi connectivity index (χ3n) is 2.83. The minimum Gasteiger partial charge on any atom is -0.364 e. The Morgan fingerprint density at radius 3 is 3.06 bits per heavy atom. The van der Waals surface area contributed by atoms with Crippen molar-refractivity contribution in [1.29, 1.82) is 0 Å². The third-order valence-corrected chi connectivity index (χ3v) is 3.04. The Kier molecular flexibility index (Phi) is 3.17. The van der Waals surface area contributed by atoms with Gasteiger partial charge in [-0.1, -0.05) is 24.6 Å². The summed E-state index contributed by atoms with van der Waals surface area (Å²) < 4.78 is 0. The van der Waals surface area contributed by atoms with Gasteiger partial charge in [-0.25, -0.2) is 4.98 Å². The fourth-order valence-corrected chi connectivity index (χ4v) is 2.03. The molecule has 1 aromatic rings. The number of hydrogen-bond acceptors (Lipinski definition) is 4. The zero-order valence-corrected chi connectivity index (χ0v) is 10.3. The van der Waals surface area contributed by atoms with Gasteiger partial charge in [-0.3, -0.25) is 4.79 Å². The Bertz CT molecular complexity index is 486. The first-order valence-corrected chi connectivity index (χ1v) is 5.85. The minimum atomic E-state index is -1.05. The zero-order valence-electron chi connectivity index (χ0n) is 9.53. The minimum absolute atomic E-state index is 0.165. The summed E-state index contributed by atoms with van der Waals surface area (Å²) >= 11 is 5.76. The first-order chi connectivity index (χ1) is 8.05. The third kappa shape index (κ3) is 2.33. The molecule has 1 unspecified atom stereocenters. The number of nitrogens with two attached hydrogens (primary N) is 1. The number of hydrogen-bond donors (Lipinski definition) is 2. The molecule has 0 fully saturated rings. The van der Waals surface area contributed by atoms with E-state index in [1.807, 2.05) is 13.0 Å². The van der Waals surface area contributed by atoms with E-state index in [0.29, 0.717) is 17.1 Å². The lowest BCUT2D eigenvalue weighted by Gasteiger charge is -2.24. The van der Waals surface area contributed by atoms with Crippen LogP contribution in [-0.4, -0.2) is 16.4 Å². The summed E-state index contributed by atoms with van der Waals surface area (Å²) in [6, 6.07) is 3.15. The Morgan fingerprint density at radius 2 is 2.47 bits per heavy atom. The molecule has 2 heterocycles. The lowest BCUT2D eigenvalue weighted by atomic mass is 9.98. The maximum Gasteiger partial charge on any atom is 0.203 e. The van der Waals surface area contributed by atoms with Gasteiger partial charge in [-0.15, -0.1) is 0 Å². The van der Waals surface area contributed by atoms with Gasteiger partial charge in [-0.2, -0.15) is 0 Å². The highest BCUT2D eigenvalue weighted by Crippen LogP contribution is 2.22. The molecule has 1 aliphatic rings. The van der Waals surface area contributed by atoms with Gasteiger partial charge in [0.15, 0.2) is 5.66 Å². The zero-order chi connectivity index (χ0) is 12.5. The van der Waals surface area contributed by atoms with E-state index in [-0.39, 0.29) is 5.78 Å². The normalized spacial score (nSPS) is 23.1. The molecule has 0 bridgehead atoms. The maximum absolute atomic E-state index is 12.3. The summed E-state index contributed by atoms with van der Waals surface area (Å²) in [6.45, 7) is 2.01. The fraction of sp³-hybridized carbons (Fsp3) is 0.333. The van der Waals surface area contributed by atoms with Crippen LogP contribution in [-0.2, 0) is 0 Å². The first kappa shape index (κ1) is 12.1. The van der Waals surface area contributed by atoms with Gasteiger partial charge in [0.2, 0.25) is 5.78 Å². The van der Waals surface area contributed by atoms with Crippen molar-refractivity contribution in [2.24, 2.45) is 5.73 Å². The SMILES string of the molecule is CCC1=CCC(N)(C(=O)c2ccnc(Cl)c2)N1. The number of pyridine rings is 1. The molecule has 0 amide bonds. The van der Waals surface area contributed by atoms with Crippen molar-refractivity contribution in [3.63, 3.8) is 0 Å². The Hall–Kier alpha value is -1.39. The van der Waals surface area contributed by atoms with Crippen LogP contribution >= 0.6 is 11.6 Å². The largest absolute Gasteiger partial charge is 0.364 e. The smallest absolute Gasteiger partial charge is 0.203 e. The predicted octanol–water partition coefficient (Wildman–Crippen LogP) is 1.86. The molecule has 0 spiro atoms. The quantitative estimate of drug-likeness (QED) is 0.636. The summed E-state index contributed by atoms with van der Waals surface area (Å²) in [5.41, 5.74) is 6.51. The van der Waals surface area contributed by atoms with Crippen LogP contribution in [0.2, 0.25) is 5.15 Å². The topological polar surface area (TPSA) is 68.0 Å². The summed E-state index contributed by atoms with van der Waals surface area (Å²) in [6.07, 6.45) is 4.79. The standard InChI is InChI=1S/C12H14ClN3O/c1-2-9-3-5-12(14,16-9)11(17)8-4-6-15-10(13)7-8/h3-4,6-7,16H,2,5,14H2,1H3. The molecule has 0 aliphatic carbocycles. The van der Waals surface area contributed by atoms with E-state index in [9.17, 15) is 4.79 Å². The molecule has 1 atom stereocenters. The van der Waals surface area contributed by atoms with Crippen LogP contribution in [0.25, 0.3) is 0 Å². The number of allylic oxidation sites excluding steroid dienone is 1. The van der Waals surface area contributed by atoms with Gasteiger partial charge in [0, 0.05) is 23.9 Å². The maximum atomic E-state index is 12.3. The van der Waals surface area contributed by atoms with Crippen molar-refractivity contribution in [2.75, 3.05) is 0 Å². The number of aromatic nitrogens is 1. The van der Waals surface area contributed by atoms with E-state index in [2.05, 4.69) is 10.3 Å². The highest BCUT2D eigenvalue weighted by atomic mass is 35.5. The highest BCUT2D eigenvalue weighted by Gasteiger charge is 2.37. The lowest BCUT2D eigenvalue weighted by Crippen LogP contribution is -2.56. The van der Waals surface area contributed by atoms with E-state index in [0.717, 1.165) is 12.1 Å². The van der Waals surface area contributed by atoms with Crippen LogP contribution in [0.15, 0.2) is 30.1 Å². The van der Waals surface area contributed by atoms with Gasteiger partial charge in [0.1, 0.15) is 5.15 Å². The molecule has 0 saturated heterocycles. The molecule has 1 aromatic heterocycles. The van der Waals surface area contributed by atoms with Crippen LogP contribution < -0.4 is 11.1 Å². The second-order valence-corrected chi connectivity index (χ2v) is 4.47. The monoisotopic (exact) mass is 251 g/mol. The van der Waals surface area contributed by atoms with Crippen LogP contribution in [0.3, 0.4) is 0 Å². The van der Waals surface area contributed by atoms with Crippen molar-refractivity contribution in [3.8, 4) is 0 Å². The summed E-state index contributed by atoms with van der Waals surface area (Å²) in [5, 5.41) is 3.35. The average Bonchev–Trinajstić information content (AvgIpc) is 2.71. The van der Waals surface area contributed by atoms with Crippen molar-refractivity contribution in [1.82, 2.24) is 10.3 Å². The van der Waals surface area contributed by atoms with Crippen LogP contribution in [0.5, 0.6) is 0 Å². The second kappa shape index (κ2) is 4.47. The number of carbonyl (C=O) groups is 1. The highest BCUT2D eigenvalue weighted by molar-refractivity contribution is 6.29. The molecule has 0 radical (unpaired) electrons. The van der Waals surface area contributed by atoms with Gasteiger partial charge in [-0.05, 0) is 18.6 Å². The first-order valence-electron chi connectivity index (χ1n) is 5.47. The second-order valence-electron chi connectivity index (χ2n) is 4.08. The number of nitrogens with zero attached hydrogens (tertiary/aromatic N) is 1. The van der Waals surface area contributed by atoms with E-state index >= 15 is 0 Å². The average molecular weight is 252 g/mol. The number of rotatable bonds is 3. The molecule has 17 heavy (non-hydrogen) atoms. The molecular weight excluding hydrogens is 238 g/mol. The number of carbonyl (C=O) groups excluding carboxylic acids is 1. The van der Waals surface area contributed by atoms with E-state index in [4.69, 9.17) is 17.3 Å². The van der Waals surface area contributed by atoms with E-state index in [1.54, 1.807) is 6.07 Å². The summed E-state index contributed by atoms with van der Waals surface area (Å²) in [7, 11) is 0. The van der Waals surface area contributed by atoms with Crippen LogP contribution in [0.4, 0.5) is 0 Å². The Balaban J connectivity index is 2.22. The van der Waals surface area contributed by atoms with Gasteiger partial charge in [0.05, 0.1) is 0 Å². The number of ketones is 1. The summed E-state index contributed by atoms with van der Waals surface area (Å²) in [4.78, 5) is 16.1. The molecule has 0 aromatic carbocycles. The Morgan fingerprint density at radius 1 is 1.71 bits per heavy atom. The molecule has 2 rings (SSSR count). The van der Waals surface area contributed by atoms with Gasteiger partial charge in [0.25, 0.3) is 0 Å². The predicted molar refractivity (Wildman–Crippen MR) is 66.6 cm³/mol. The van der Waals surface area contributed by atoms with Crippen molar-refractivity contribution >= 4 is 17.4 Å². The van der Waals surface area contributed by atoms with Crippen molar-refractivity contribution in [3.05, 3.63) is 40.8 Å². The van der Waals surface area contributed by atoms with Crippen LogP contribution in [0.1, 0.15) is 30.1 Å². The number of Topliss-reactive ketones (excluding diaryl/α,β-unsaturated/α-hetero) is 1. The molecule has 90 valence electrons. The van der Waals surface area contributed by atoms with E-state index < -0.39 is 5.66 Å². The molecule has 5 heteroatoms. The molecule has 1 aliphatic heterocycles. The Labute approximate surface area is 105 Å². The molecule has 3 N–H and O–H groups in total. The lowest BCUT2D eigenvalue weighted by molar-refractivity contribution is 0.0875. The summed E-state index contributed by atoms with van der Waals surface area (Å²) in [5.74, 6) is -0.165.